The standard InChI is InChI=1S/C12H12N4O/c1-2-16(9-11-4-3-7-17-11)12-14-6-5-10(8-13)15-12/h3-7H,2,9H2,1H3. The van der Waals surface area contributed by atoms with Crippen LogP contribution in [0.2, 0.25) is 0 Å². The summed E-state index contributed by atoms with van der Waals surface area (Å²) in [4.78, 5) is 10.3. The summed E-state index contributed by atoms with van der Waals surface area (Å²) >= 11 is 0. The maximum atomic E-state index is 8.80. The number of hydrogen-bond donors (Lipinski definition) is 0. The van der Waals surface area contributed by atoms with E-state index in [0.29, 0.717) is 18.2 Å². The van der Waals surface area contributed by atoms with Crippen molar-refractivity contribution in [2.75, 3.05) is 11.4 Å². The Morgan fingerprint density at radius 3 is 3.00 bits per heavy atom. The van der Waals surface area contributed by atoms with Crippen LogP contribution < -0.4 is 4.90 Å². The molecule has 2 aromatic heterocycles. The van der Waals surface area contributed by atoms with Gasteiger partial charge >= 0.3 is 0 Å². The van der Waals surface area contributed by atoms with Crippen molar-refractivity contribution in [1.29, 1.82) is 5.26 Å². The molecular formula is C12H12N4O. The summed E-state index contributed by atoms with van der Waals surface area (Å²) in [6.07, 6.45) is 3.22. The van der Waals surface area contributed by atoms with Gasteiger partial charge in [0.15, 0.2) is 0 Å². The quantitative estimate of drug-likeness (QED) is 0.800. The highest BCUT2D eigenvalue weighted by Gasteiger charge is 2.10. The van der Waals surface area contributed by atoms with Crippen molar-refractivity contribution < 1.29 is 4.42 Å². The second-order valence-corrected chi connectivity index (χ2v) is 3.45. The molecule has 0 radical (unpaired) electrons. The fourth-order valence-corrected chi connectivity index (χ4v) is 1.48. The topological polar surface area (TPSA) is 66.0 Å². The van der Waals surface area contributed by atoms with Crippen LogP contribution in [0.3, 0.4) is 0 Å². The predicted molar refractivity (Wildman–Crippen MR) is 62.2 cm³/mol. The van der Waals surface area contributed by atoms with E-state index < -0.39 is 0 Å². The highest BCUT2D eigenvalue weighted by Crippen LogP contribution is 2.12. The number of nitrogens with zero attached hydrogens (tertiary/aromatic N) is 4. The Bertz CT molecular complexity index is 516. The summed E-state index contributed by atoms with van der Waals surface area (Å²) in [6, 6.07) is 7.33. The first-order chi connectivity index (χ1) is 8.33. The van der Waals surface area contributed by atoms with Crippen LogP contribution in [0, 0.1) is 11.3 Å². The van der Waals surface area contributed by atoms with Crippen LogP contribution >= 0.6 is 0 Å². The van der Waals surface area contributed by atoms with Crippen LogP contribution in [-0.4, -0.2) is 16.5 Å². The molecule has 0 unspecified atom stereocenters. The van der Waals surface area contributed by atoms with E-state index >= 15 is 0 Å². The van der Waals surface area contributed by atoms with Gasteiger partial charge in [-0.15, -0.1) is 0 Å². The highest BCUT2D eigenvalue weighted by molar-refractivity contribution is 5.33. The van der Waals surface area contributed by atoms with E-state index in [2.05, 4.69) is 9.97 Å². The normalized spacial score (nSPS) is 9.88. The number of furan rings is 1. The Balaban J connectivity index is 2.20. The van der Waals surface area contributed by atoms with Crippen molar-refractivity contribution in [2.45, 2.75) is 13.5 Å². The Kier molecular flexibility index (Phi) is 3.36. The van der Waals surface area contributed by atoms with Crippen molar-refractivity contribution in [3.63, 3.8) is 0 Å². The minimum absolute atomic E-state index is 0.368. The lowest BCUT2D eigenvalue weighted by Crippen LogP contribution is -2.24. The summed E-state index contributed by atoms with van der Waals surface area (Å²) in [5.74, 6) is 1.39. The molecule has 5 nitrogen and oxygen atoms in total. The van der Waals surface area contributed by atoms with Gasteiger partial charge < -0.3 is 9.32 Å². The minimum atomic E-state index is 0.368. The largest absolute Gasteiger partial charge is 0.467 e. The molecule has 0 aromatic carbocycles. The lowest BCUT2D eigenvalue weighted by atomic mass is 10.4. The first kappa shape index (κ1) is 11.1. The third kappa shape index (κ3) is 2.61. The molecule has 0 N–H and O–H groups in total. The molecule has 5 heteroatoms. The average molecular weight is 228 g/mol. The molecule has 2 heterocycles. The maximum absolute atomic E-state index is 8.80. The molecule has 0 aliphatic rings. The average Bonchev–Trinajstić information content (AvgIpc) is 2.89. The fourth-order valence-electron chi connectivity index (χ4n) is 1.48. The molecule has 86 valence electrons. The smallest absolute Gasteiger partial charge is 0.226 e. The van der Waals surface area contributed by atoms with Crippen molar-refractivity contribution in [2.24, 2.45) is 0 Å². The van der Waals surface area contributed by atoms with Crippen molar-refractivity contribution in [3.05, 3.63) is 42.1 Å². The Hall–Kier alpha value is -2.35. The van der Waals surface area contributed by atoms with Gasteiger partial charge in [0, 0.05) is 12.7 Å². The van der Waals surface area contributed by atoms with Crippen molar-refractivity contribution in [3.8, 4) is 6.07 Å². The van der Waals surface area contributed by atoms with Crippen LogP contribution in [0.4, 0.5) is 5.95 Å². The summed E-state index contributed by atoms with van der Waals surface area (Å²) in [5.41, 5.74) is 0.368. The number of nitriles is 1. The van der Waals surface area contributed by atoms with Gasteiger partial charge in [0.2, 0.25) is 5.95 Å². The highest BCUT2D eigenvalue weighted by atomic mass is 16.3. The Morgan fingerprint density at radius 2 is 2.35 bits per heavy atom. The zero-order valence-corrected chi connectivity index (χ0v) is 9.50. The summed E-state index contributed by atoms with van der Waals surface area (Å²) in [5, 5.41) is 8.80. The molecule has 0 saturated heterocycles. The van der Waals surface area contributed by atoms with Crippen LogP contribution in [0.5, 0.6) is 0 Å². The van der Waals surface area contributed by atoms with Gasteiger partial charge in [-0.05, 0) is 25.1 Å². The molecule has 0 saturated carbocycles. The fraction of sp³-hybridized carbons (Fsp3) is 0.250. The maximum Gasteiger partial charge on any atom is 0.226 e. The van der Waals surface area contributed by atoms with E-state index in [4.69, 9.17) is 9.68 Å². The van der Waals surface area contributed by atoms with Crippen LogP contribution in [0.1, 0.15) is 18.4 Å². The van der Waals surface area contributed by atoms with E-state index in [0.717, 1.165) is 12.3 Å². The third-order valence-electron chi connectivity index (χ3n) is 2.35. The van der Waals surface area contributed by atoms with Gasteiger partial charge in [-0.2, -0.15) is 5.26 Å². The molecule has 2 aromatic rings. The minimum Gasteiger partial charge on any atom is -0.467 e. The molecule has 0 aliphatic carbocycles. The SMILES string of the molecule is CCN(Cc1ccco1)c1nccc(C#N)n1. The number of anilines is 1. The molecule has 0 bridgehead atoms. The predicted octanol–water partition coefficient (Wildman–Crippen LogP) is 1.97. The Morgan fingerprint density at radius 1 is 1.47 bits per heavy atom. The van der Waals surface area contributed by atoms with Gasteiger partial charge in [0.1, 0.15) is 17.5 Å². The van der Waals surface area contributed by atoms with E-state index in [-0.39, 0.29) is 0 Å². The molecule has 0 aliphatic heterocycles. The van der Waals surface area contributed by atoms with E-state index in [1.807, 2.05) is 30.0 Å². The van der Waals surface area contributed by atoms with Crippen LogP contribution in [0.15, 0.2) is 35.1 Å². The van der Waals surface area contributed by atoms with E-state index in [1.165, 1.54) is 0 Å². The lowest BCUT2D eigenvalue weighted by molar-refractivity contribution is 0.502. The second-order valence-electron chi connectivity index (χ2n) is 3.45. The molecule has 17 heavy (non-hydrogen) atoms. The second kappa shape index (κ2) is 5.12. The third-order valence-corrected chi connectivity index (χ3v) is 2.35. The molecule has 0 fully saturated rings. The number of aromatic nitrogens is 2. The van der Waals surface area contributed by atoms with Gasteiger partial charge in [-0.25, -0.2) is 9.97 Å². The zero-order chi connectivity index (χ0) is 12.1. The van der Waals surface area contributed by atoms with Crippen molar-refractivity contribution >= 4 is 5.95 Å². The number of rotatable bonds is 4. The van der Waals surface area contributed by atoms with E-state index in [1.54, 1.807) is 18.5 Å². The lowest BCUT2D eigenvalue weighted by Gasteiger charge is -2.19. The summed E-state index contributed by atoms with van der Waals surface area (Å²) < 4.78 is 5.28. The van der Waals surface area contributed by atoms with E-state index in [9.17, 15) is 0 Å². The summed E-state index contributed by atoms with van der Waals surface area (Å²) in [6.45, 7) is 3.35. The summed E-state index contributed by atoms with van der Waals surface area (Å²) in [7, 11) is 0. The monoisotopic (exact) mass is 228 g/mol. The zero-order valence-electron chi connectivity index (χ0n) is 9.50. The van der Waals surface area contributed by atoms with Gasteiger partial charge in [0.05, 0.1) is 12.8 Å². The first-order valence-electron chi connectivity index (χ1n) is 5.34. The molecule has 2 rings (SSSR count). The van der Waals surface area contributed by atoms with Crippen LogP contribution in [0.25, 0.3) is 0 Å². The molecule has 0 spiro atoms. The molecule has 0 amide bonds. The molecular weight excluding hydrogens is 216 g/mol. The Labute approximate surface area is 99.3 Å². The van der Waals surface area contributed by atoms with Crippen molar-refractivity contribution in [1.82, 2.24) is 9.97 Å². The first-order valence-corrected chi connectivity index (χ1v) is 5.34. The molecule has 0 atom stereocenters. The number of hydrogen-bond acceptors (Lipinski definition) is 5. The van der Waals surface area contributed by atoms with Gasteiger partial charge in [-0.1, -0.05) is 0 Å². The van der Waals surface area contributed by atoms with Crippen LogP contribution in [-0.2, 0) is 6.54 Å². The van der Waals surface area contributed by atoms with Gasteiger partial charge in [0.25, 0.3) is 0 Å². The van der Waals surface area contributed by atoms with Gasteiger partial charge in [-0.3, -0.25) is 0 Å².